The van der Waals surface area contributed by atoms with E-state index in [-0.39, 0.29) is 9.64 Å². The molecule has 2 aromatic rings. The Kier molecular flexibility index (Phi) is 5.70. The summed E-state index contributed by atoms with van der Waals surface area (Å²) < 4.78 is 33.9. The Morgan fingerprint density at radius 1 is 1.24 bits per heavy atom. The lowest BCUT2D eigenvalue weighted by Gasteiger charge is -2.21. The van der Waals surface area contributed by atoms with Crippen LogP contribution in [0.2, 0.25) is 0 Å². The van der Waals surface area contributed by atoms with Crippen LogP contribution in [0, 0.1) is 0 Å². The maximum absolute atomic E-state index is 12.6. The number of methoxy groups -OCH3 is 1. The minimum atomic E-state index is -3.65. The smallest absolute Gasteiger partial charge is 0.261 e. The Bertz CT molecular complexity index is 857. The third-order valence-corrected chi connectivity index (χ3v) is 8.10. The number of halogens is 2. The molecule has 3 rings (SSSR count). The van der Waals surface area contributed by atoms with Gasteiger partial charge in [-0.05, 0) is 43.2 Å². The van der Waals surface area contributed by atoms with E-state index in [1.165, 1.54) is 0 Å². The Morgan fingerprint density at radius 3 is 2.52 bits per heavy atom. The summed E-state index contributed by atoms with van der Waals surface area (Å²) in [6.07, 6.45) is 1.86. The normalized spacial score (nSPS) is 17.1. The van der Waals surface area contributed by atoms with Gasteiger partial charge < -0.3 is 4.74 Å². The van der Waals surface area contributed by atoms with Crippen LogP contribution in [-0.2, 0) is 14.8 Å². The van der Waals surface area contributed by atoms with Gasteiger partial charge in [-0.1, -0.05) is 45.7 Å². The van der Waals surface area contributed by atoms with E-state index in [0.717, 1.165) is 22.2 Å². The van der Waals surface area contributed by atoms with Crippen molar-refractivity contribution in [2.75, 3.05) is 11.8 Å². The molecule has 0 saturated heterocycles. The van der Waals surface area contributed by atoms with E-state index >= 15 is 0 Å². The summed E-state index contributed by atoms with van der Waals surface area (Å²) in [4.78, 5) is 1.04. The van der Waals surface area contributed by atoms with Crippen molar-refractivity contribution in [3.8, 4) is 0 Å². The van der Waals surface area contributed by atoms with Crippen LogP contribution >= 0.6 is 39.3 Å². The zero-order chi connectivity index (χ0) is 18.1. The summed E-state index contributed by atoms with van der Waals surface area (Å²) in [5, 5.41) is 0. The SMILES string of the molecule is COC(Cl)C1(Sc2cc(Br)ccc2NS(=O)(=O)c2ccccc2)CC1. The van der Waals surface area contributed by atoms with Crippen LogP contribution in [0.25, 0.3) is 0 Å². The van der Waals surface area contributed by atoms with Gasteiger partial charge in [0.05, 0.1) is 15.3 Å². The van der Waals surface area contributed by atoms with Gasteiger partial charge in [0.1, 0.15) is 5.56 Å². The highest BCUT2D eigenvalue weighted by molar-refractivity contribution is 9.10. The zero-order valence-corrected chi connectivity index (χ0v) is 17.4. The van der Waals surface area contributed by atoms with Crippen molar-refractivity contribution in [2.24, 2.45) is 0 Å². The van der Waals surface area contributed by atoms with Crippen molar-refractivity contribution in [2.45, 2.75) is 32.9 Å². The monoisotopic (exact) mass is 461 g/mol. The van der Waals surface area contributed by atoms with Crippen LogP contribution in [0.4, 0.5) is 5.69 Å². The number of benzene rings is 2. The fraction of sp³-hybridized carbons (Fsp3) is 0.294. The highest BCUT2D eigenvalue weighted by Gasteiger charge is 2.50. The summed E-state index contributed by atoms with van der Waals surface area (Å²) in [5.74, 6) is 0. The topological polar surface area (TPSA) is 55.4 Å². The van der Waals surface area contributed by atoms with Crippen LogP contribution in [0.5, 0.6) is 0 Å². The van der Waals surface area contributed by atoms with Crippen LogP contribution in [0.1, 0.15) is 12.8 Å². The molecular formula is C17H17BrClNO3S2. The van der Waals surface area contributed by atoms with Gasteiger partial charge in [0.15, 0.2) is 0 Å². The number of hydrogen-bond donors (Lipinski definition) is 1. The van der Waals surface area contributed by atoms with Gasteiger partial charge >= 0.3 is 0 Å². The van der Waals surface area contributed by atoms with E-state index < -0.39 is 15.6 Å². The van der Waals surface area contributed by atoms with E-state index in [2.05, 4.69) is 20.7 Å². The molecule has 0 bridgehead atoms. The van der Waals surface area contributed by atoms with Crippen molar-refractivity contribution >= 4 is 55.0 Å². The number of hydrogen-bond acceptors (Lipinski definition) is 4. The lowest BCUT2D eigenvalue weighted by atomic mass is 10.3. The van der Waals surface area contributed by atoms with E-state index in [1.54, 1.807) is 61.3 Å². The quantitative estimate of drug-likeness (QED) is 0.583. The molecule has 1 aliphatic carbocycles. The summed E-state index contributed by atoms with van der Waals surface area (Å²) in [7, 11) is -2.07. The molecule has 0 radical (unpaired) electrons. The van der Waals surface area contributed by atoms with E-state index in [1.807, 2.05) is 6.07 Å². The average molecular weight is 463 g/mol. The summed E-state index contributed by atoms with van der Waals surface area (Å²) >= 11 is 11.3. The molecule has 1 atom stereocenters. The molecule has 0 heterocycles. The molecular weight excluding hydrogens is 446 g/mol. The molecule has 1 fully saturated rings. The molecule has 25 heavy (non-hydrogen) atoms. The van der Waals surface area contributed by atoms with Crippen LogP contribution < -0.4 is 4.72 Å². The number of anilines is 1. The van der Waals surface area contributed by atoms with Crippen LogP contribution in [0.3, 0.4) is 0 Å². The highest BCUT2D eigenvalue weighted by Crippen LogP contribution is 2.57. The second-order valence-corrected chi connectivity index (χ2v) is 10.2. The minimum absolute atomic E-state index is 0.218. The van der Waals surface area contributed by atoms with Gasteiger partial charge in [-0.2, -0.15) is 0 Å². The zero-order valence-electron chi connectivity index (χ0n) is 13.4. The molecule has 134 valence electrons. The Morgan fingerprint density at radius 2 is 1.92 bits per heavy atom. The Labute approximate surface area is 165 Å². The number of sulfonamides is 1. The van der Waals surface area contributed by atoms with Gasteiger partial charge in [0, 0.05) is 16.5 Å². The summed E-state index contributed by atoms with van der Waals surface area (Å²) in [5.41, 5.74) is 0.110. The molecule has 4 nitrogen and oxygen atoms in total. The second-order valence-electron chi connectivity index (χ2n) is 5.78. The lowest BCUT2D eigenvalue weighted by molar-refractivity contribution is 0.160. The largest absolute Gasteiger partial charge is 0.364 e. The van der Waals surface area contributed by atoms with E-state index in [9.17, 15) is 8.42 Å². The fourth-order valence-electron chi connectivity index (χ4n) is 2.40. The molecule has 0 aromatic heterocycles. The minimum Gasteiger partial charge on any atom is -0.364 e. The number of thioether (sulfide) groups is 1. The van der Waals surface area contributed by atoms with Crippen molar-refractivity contribution in [1.82, 2.24) is 0 Å². The standard InChI is InChI=1S/C17H17BrClNO3S2/c1-23-16(19)17(9-10-17)24-15-11-12(18)7-8-14(15)20-25(21,22)13-5-3-2-4-6-13/h2-8,11,16,20H,9-10H2,1H3. The van der Waals surface area contributed by atoms with Gasteiger partial charge in [-0.25, -0.2) is 8.42 Å². The molecule has 0 spiro atoms. The van der Waals surface area contributed by atoms with Gasteiger partial charge in [0.2, 0.25) is 0 Å². The molecule has 0 amide bonds. The fourth-order valence-corrected chi connectivity index (χ4v) is 5.78. The summed E-state index contributed by atoms with van der Waals surface area (Å²) in [6.45, 7) is 0. The highest BCUT2D eigenvalue weighted by atomic mass is 79.9. The maximum Gasteiger partial charge on any atom is 0.261 e. The first kappa shape index (κ1) is 19.0. The molecule has 1 aliphatic rings. The number of rotatable bonds is 7. The maximum atomic E-state index is 12.6. The van der Waals surface area contributed by atoms with Crippen LogP contribution in [-0.4, -0.2) is 25.8 Å². The van der Waals surface area contributed by atoms with Gasteiger partial charge in [-0.3, -0.25) is 4.72 Å². The number of nitrogens with one attached hydrogen (secondary N) is 1. The Hall–Kier alpha value is -0.730. The predicted octanol–water partition coefficient (Wildman–Crippen LogP) is 5.09. The first-order valence-corrected chi connectivity index (χ1v) is 11.1. The molecule has 2 aromatic carbocycles. The number of ether oxygens (including phenoxy) is 1. The Balaban J connectivity index is 1.90. The molecule has 8 heteroatoms. The van der Waals surface area contributed by atoms with Crippen molar-refractivity contribution in [3.05, 3.63) is 53.0 Å². The summed E-state index contributed by atoms with van der Waals surface area (Å²) in [6, 6.07) is 13.8. The second kappa shape index (κ2) is 7.48. The third-order valence-electron chi connectivity index (χ3n) is 3.92. The van der Waals surface area contributed by atoms with E-state index in [0.29, 0.717) is 5.69 Å². The van der Waals surface area contributed by atoms with Crippen molar-refractivity contribution in [1.29, 1.82) is 0 Å². The first-order valence-electron chi connectivity index (χ1n) is 7.60. The number of alkyl halides is 1. The van der Waals surface area contributed by atoms with E-state index in [4.69, 9.17) is 16.3 Å². The molecule has 0 aliphatic heterocycles. The molecule has 1 N–H and O–H groups in total. The predicted molar refractivity (Wildman–Crippen MR) is 106 cm³/mol. The lowest BCUT2D eigenvalue weighted by Crippen LogP contribution is -2.21. The van der Waals surface area contributed by atoms with Crippen molar-refractivity contribution < 1.29 is 13.2 Å². The third kappa shape index (κ3) is 4.34. The van der Waals surface area contributed by atoms with Gasteiger partial charge in [0.25, 0.3) is 10.0 Å². The van der Waals surface area contributed by atoms with Crippen LogP contribution in [0.15, 0.2) is 62.8 Å². The van der Waals surface area contributed by atoms with Crippen molar-refractivity contribution in [3.63, 3.8) is 0 Å². The molecule has 1 saturated carbocycles. The first-order chi connectivity index (χ1) is 11.9. The van der Waals surface area contributed by atoms with Gasteiger partial charge in [-0.15, -0.1) is 11.8 Å². The average Bonchev–Trinajstić information content (AvgIpc) is 3.38. The molecule has 1 unspecified atom stereocenters.